The molecule has 0 saturated heterocycles. The van der Waals surface area contributed by atoms with Gasteiger partial charge < -0.3 is 11.1 Å². The Kier molecular flexibility index (Phi) is 5.37. The van der Waals surface area contributed by atoms with Gasteiger partial charge in [-0.2, -0.15) is 0 Å². The molecule has 1 amide bonds. The standard InChI is InChI=1S/C17H25N3OS/c18-14-8-12-4-3-5-13(9-14)17(12)20-16(21)11-22-10-15-6-1-2-7-19-15/h1-2,6-7,12-14,17H,3-5,8-11,18H2,(H,20,21). The molecular formula is C17H25N3OS. The molecule has 3 N–H and O–H groups in total. The number of aromatic nitrogens is 1. The fourth-order valence-electron chi connectivity index (χ4n) is 3.98. The van der Waals surface area contributed by atoms with E-state index in [2.05, 4.69) is 10.3 Å². The van der Waals surface area contributed by atoms with E-state index < -0.39 is 0 Å². The fraction of sp³-hybridized carbons (Fsp3) is 0.647. The SMILES string of the molecule is NC1CC2CCCC(C1)C2NC(=O)CSCc1ccccn1. The minimum Gasteiger partial charge on any atom is -0.352 e. The topological polar surface area (TPSA) is 68.0 Å². The smallest absolute Gasteiger partial charge is 0.230 e. The highest BCUT2D eigenvalue weighted by atomic mass is 32.2. The second-order valence-electron chi connectivity index (χ2n) is 6.59. The van der Waals surface area contributed by atoms with Crippen molar-refractivity contribution < 1.29 is 4.79 Å². The normalized spacial score (nSPS) is 30.8. The molecule has 2 atom stereocenters. The molecule has 1 heterocycles. The zero-order valence-corrected chi connectivity index (χ0v) is 13.7. The Hall–Kier alpha value is -1.07. The summed E-state index contributed by atoms with van der Waals surface area (Å²) < 4.78 is 0. The van der Waals surface area contributed by atoms with E-state index in [9.17, 15) is 4.79 Å². The lowest BCUT2D eigenvalue weighted by atomic mass is 9.67. The maximum atomic E-state index is 12.2. The van der Waals surface area contributed by atoms with Crippen molar-refractivity contribution in [2.75, 3.05) is 5.75 Å². The lowest BCUT2D eigenvalue weighted by Crippen LogP contribution is -2.54. The summed E-state index contributed by atoms with van der Waals surface area (Å²) >= 11 is 1.63. The first-order chi connectivity index (χ1) is 10.7. The van der Waals surface area contributed by atoms with E-state index in [1.54, 1.807) is 18.0 Å². The second-order valence-corrected chi connectivity index (χ2v) is 7.58. The first-order valence-electron chi connectivity index (χ1n) is 8.25. The molecule has 0 spiro atoms. The molecule has 2 saturated carbocycles. The third kappa shape index (κ3) is 4.02. The first kappa shape index (κ1) is 15.8. The molecule has 3 rings (SSSR count). The summed E-state index contributed by atoms with van der Waals surface area (Å²) in [6.45, 7) is 0. The minimum atomic E-state index is 0.165. The number of nitrogens with two attached hydrogens (primary N) is 1. The predicted molar refractivity (Wildman–Crippen MR) is 90.4 cm³/mol. The average molecular weight is 319 g/mol. The molecule has 2 aliphatic rings. The summed E-state index contributed by atoms with van der Waals surface area (Å²) in [5.74, 6) is 2.65. The van der Waals surface area contributed by atoms with Crippen LogP contribution in [0, 0.1) is 11.8 Å². The van der Waals surface area contributed by atoms with E-state index in [-0.39, 0.29) is 5.91 Å². The molecular weight excluding hydrogens is 294 g/mol. The van der Waals surface area contributed by atoms with Gasteiger partial charge in [0.1, 0.15) is 0 Å². The first-order valence-corrected chi connectivity index (χ1v) is 9.40. The van der Waals surface area contributed by atoms with Crippen LogP contribution in [0.25, 0.3) is 0 Å². The molecule has 2 fully saturated rings. The van der Waals surface area contributed by atoms with Crippen LogP contribution < -0.4 is 11.1 Å². The van der Waals surface area contributed by atoms with Gasteiger partial charge in [-0.15, -0.1) is 11.8 Å². The molecule has 0 aliphatic heterocycles. The van der Waals surface area contributed by atoms with Gasteiger partial charge in [0.25, 0.3) is 0 Å². The Balaban J connectivity index is 1.45. The molecule has 2 aliphatic carbocycles. The van der Waals surface area contributed by atoms with Crippen molar-refractivity contribution in [3.8, 4) is 0 Å². The highest BCUT2D eigenvalue weighted by molar-refractivity contribution is 7.99. The van der Waals surface area contributed by atoms with Gasteiger partial charge >= 0.3 is 0 Å². The second kappa shape index (κ2) is 7.47. The van der Waals surface area contributed by atoms with E-state index in [0.717, 1.165) is 24.3 Å². The van der Waals surface area contributed by atoms with Gasteiger partial charge in [0.2, 0.25) is 5.91 Å². The van der Waals surface area contributed by atoms with Crippen molar-refractivity contribution in [2.24, 2.45) is 17.6 Å². The van der Waals surface area contributed by atoms with Crippen molar-refractivity contribution in [3.05, 3.63) is 30.1 Å². The monoisotopic (exact) mass is 319 g/mol. The number of hydrogen-bond donors (Lipinski definition) is 2. The van der Waals surface area contributed by atoms with Crippen molar-refractivity contribution in [2.45, 2.75) is 49.9 Å². The number of pyridine rings is 1. The van der Waals surface area contributed by atoms with Gasteiger partial charge in [-0.05, 0) is 49.7 Å². The largest absolute Gasteiger partial charge is 0.352 e. The number of carbonyl (C=O) groups excluding carboxylic acids is 1. The van der Waals surface area contributed by atoms with Crippen LogP contribution in [-0.4, -0.2) is 28.7 Å². The molecule has 5 heteroatoms. The van der Waals surface area contributed by atoms with Gasteiger partial charge in [-0.25, -0.2) is 0 Å². The van der Waals surface area contributed by atoms with Crippen LogP contribution in [0.2, 0.25) is 0 Å². The predicted octanol–water partition coefficient (Wildman–Crippen LogP) is 2.34. The molecule has 2 bridgehead atoms. The summed E-state index contributed by atoms with van der Waals surface area (Å²) in [4.78, 5) is 16.5. The molecule has 1 aromatic heterocycles. The lowest BCUT2D eigenvalue weighted by molar-refractivity contribution is -0.120. The van der Waals surface area contributed by atoms with Crippen LogP contribution in [0.5, 0.6) is 0 Å². The number of thioether (sulfide) groups is 1. The van der Waals surface area contributed by atoms with Gasteiger partial charge in [-0.1, -0.05) is 12.5 Å². The van der Waals surface area contributed by atoms with E-state index in [1.165, 1.54) is 19.3 Å². The maximum Gasteiger partial charge on any atom is 0.230 e. The van der Waals surface area contributed by atoms with Gasteiger partial charge in [0, 0.05) is 24.0 Å². The molecule has 1 aromatic rings. The third-order valence-corrected chi connectivity index (χ3v) is 5.88. The zero-order valence-electron chi connectivity index (χ0n) is 12.9. The Morgan fingerprint density at radius 3 is 2.77 bits per heavy atom. The average Bonchev–Trinajstić information content (AvgIpc) is 2.49. The minimum absolute atomic E-state index is 0.165. The molecule has 2 unspecified atom stereocenters. The number of hydrogen-bond acceptors (Lipinski definition) is 4. The van der Waals surface area contributed by atoms with Gasteiger partial charge in [0.05, 0.1) is 11.4 Å². The number of rotatable bonds is 5. The van der Waals surface area contributed by atoms with E-state index >= 15 is 0 Å². The Morgan fingerprint density at radius 1 is 1.32 bits per heavy atom. The van der Waals surface area contributed by atoms with Crippen molar-refractivity contribution in [1.29, 1.82) is 0 Å². The molecule has 22 heavy (non-hydrogen) atoms. The molecule has 120 valence electrons. The lowest BCUT2D eigenvalue weighted by Gasteiger charge is -2.45. The summed E-state index contributed by atoms with van der Waals surface area (Å²) in [5.41, 5.74) is 7.17. The number of carbonyl (C=O) groups is 1. The molecule has 0 radical (unpaired) electrons. The Labute approximate surface area is 136 Å². The summed E-state index contributed by atoms with van der Waals surface area (Å²) in [5, 5.41) is 3.29. The van der Waals surface area contributed by atoms with Crippen molar-refractivity contribution >= 4 is 17.7 Å². The van der Waals surface area contributed by atoms with E-state index in [4.69, 9.17) is 5.73 Å². The zero-order chi connectivity index (χ0) is 15.4. The van der Waals surface area contributed by atoms with Crippen LogP contribution in [-0.2, 0) is 10.5 Å². The summed E-state index contributed by atoms with van der Waals surface area (Å²) in [6, 6.07) is 6.58. The Morgan fingerprint density at radius 2 is 2.09 bits per heavy atom. The highest BCUT2D eigenvalue weighted by Crippen LogP contribution is 2.39. The quantitative estimate of drug-likeness (QED) is 0.874. The van der Waals surface area contributed by atoms with Crippen LogP contribution in [0.4, 0.5) is 0 Å². The van der Waals surface area contributed by atoms with Crippen LogP contribution in [0.15, 0.2) is 24.4 Å². The van der Waals surface area contributed by atoms with Gasteiger partial charge in [-0.3, -0.25) is 9.78 Å². The molecule has 4 nitrogen and oxygen atoms in total. The summed E-state index contributed by atoms with van der Waals surface area (Å²) in [7, 11) is 0. The van der Waals surface area contributed by atoms with Crippen LogP contribution in [0.1, 0.15) is 37.8 Å². The summed E-state index contributed by atoms with van der Waals surface area (Å²) in [6.07, 6.45) is 7.67. The van der Waals surface area contributed by atoms with Crippen molar-refractivity contribution in [3.63, 3.8) is 0 Å². The fourth-order valence-corrected chi connectivity index (χ4v) is 4.73. The maximum absolute atomic E-state index is 12.2. The van der Waals surface area contributed by atoms with Crippen molar-refractivity contribution in [1.82, 2.24) is 10.3 Å². The van der Waals surface area contributed by atoms with E-state index in [0.29, 0.717) is 29.7 Å². The van der Waals surface area contributed by atoms with Crippen LogP contribution >= 0.6 is 11.8 Å². The third-order valence-electron chi connectivity index (χ3n) is 4.91. The van der Waals surface area contributed by atoms with E-state index in [1.807, 2.05) is 18.2 Å². The Bertz CT molecular complexity index is 482. The van der Waals surface area contributed by atoms with Crippen LogP contribution in [0.3, 0.4) is 0 Å². The molecule has 0 aromatic carbocycles. The number of fused-ring (bicyclic) bond motifs is 2. The number of nitrogens with zero attached hydrogens (tertiary/aromatic N) is 1. The number of nitrogens with one attached hydrogen (secondary N) is 1. The number of amides is 1. The highest BCUT2D eigenvalue weighted by Gasteiger charge is 2.39. The van der Waals surface area contributed by atoms with Gasteiger partial charge in [0.15, 0.2) is 0 Å².